The number of carboxylic acid groups (broad SMARTS) is 1. The summed E-state index contributed by atoms with van der Waals surface area (Å²) in [6, 6.07) is 21.0. The maximum absolute atomic E-state index is 13.1. The van der Waals surface area contributed by atoms with Crippen molar-refractivity contribution in [2.75, 3.05) is 4.90 Å². The number of aromatic nitrogens is 2. The van der Waals surface area contributed by atoms with Gasteiger partial charge in [-0.15, -0.1) is 0 Å². The Hall–Kier alpha value is -4.02. The van der Waals surface area contributed by atoms with Gasteiger partial charge in [-0.2, -0.15) is 4.98 Å². The molecule has 10 heteroatoms. The van der Waals surface area contributed by atoms with Crippen molar-refractivity contribution in [3.05, 3.63) is 84.3 Å². The predicted octanol–water partition coefficient (Wildman–Crippen LogP) is 6.29. The number of sulfonamides is 1. The van der Waals surface area contributed by atoms with E-state index in [4.69, 9.17) is 4.52 Å². The molecular formula is C30H34N4O5S. The van der Waals surface area contributed by atoms with Crippen LogP contribution in [0, 0.1) is 6.92 Å². The van der Waals surface area contributed by atoms with Crippen LogP contribution in [0.15, 0.2) is 82.2 Å². The van der Waals surface area contributed by atoms with Gasteiger partial charge in [-0.25, -0.2) is 17.9 Å². The number of nitrogens with zero attached hydrogens (tertiary/aromatic N) is 3. The predicted molar refractivity (Wildman–Crippen MR) is 155 cm³/mol. The van der Waals surface area contributed by atoms with Gasteiger partial charge in [0.05, 0.1) is 4.90 Å². The Morgan fingerprint density at radius 3 is 2.33 bits per heavy atom. The molecule has 40 heavy (non-hydrogen) atoms. The normalized spacial score (nSPS) is 12.7. The van der Waals surface area contributed by atoms with E-state index in [9.17, 15) is 18.3 Å². The molecule has 4 rings (SSSR count). The van der Waals surface area contributed by atoms with Crippen LogP contribution in [0.5, 0.6) is 0 Å². The van der Waals surface area contributed by atoms with Crippen LogP contribution >= 0.6 is 0 Å². The molecule has 0 radical (unpaired) electrons. The minimum absolute atomic E-state index is 0.163. The van der Waals surface area contributed by atoms with Gasteiger partial charge in [0.15, 0.2) is 0 Å². The SMILES string of the molecule is CCC(Cc1cccc(-c2noc(C)n2)c1)N(C(=O)O)c1ccc(-c2ccccc2S(=O)(=O)NC(C)(C)C)cc1. The van der Waals surface area contributed by atoms with Crippen LogP contribution in [0.3, 0.4) is 0 Å². The molecule has 0 fully saturated rings. The number of anilines is 1. The summed E-state index contributed by atoms with van der Waals surface area (Å²) in [5.41, 5.74) is 2.80. The zero-order valence-electron chi connectivity index (χ0n) is 23.2. The van der Waals surface area contributed by atoms with Gasteiger partial charge in [0.25, 0.3) is 0 Å². The first-order valence-corrected chi connectivity index (χ1v) is 14.5. The van der Waals surface area contributed by atoms with E-state index in [1.54, 1.807) is 76.2 Å². The summed E-state index contributed by atoms with van der Waals surface area (Å²) in [6.07, 6.45) is -0.00427. The van der Waals surface area contributed by atoms with E-state index < -0.39 is 21.7 Å². The molecule has 0 bridgehead atoms. The van der Waals surface area contributed by atoms with E-state index in [1.165, 1.54) is 4.90 Å². The van der Waals surface area contributed by atoms with Crippen LogP contribution < -0.4 is 9.62 Å². The summed E-state index contributed by atoms with van der Waals surface area (Å²) in [7, 11) is -3.78. The van der Waals surface area contributed by atoms with Crippen LogP contribution in [0.1, 0.15) is 45.6 Å². The Morgan fingerprint density at radius 2 is 1.73 bits per heavy atom. The van der Waals surface area contributed by atoms with E-state index in [-0.39, 0.29) is 10.9 Å². The molecular weight excluding hydrogens is 528 g/mol. The first-order chi connectivity index (χ1) is 18.9. The standard InChI is InChI=1S/C30H34N4O5S/c1-6-24(19-21-10-9-11-23(18-21)28-31-20(2)39-32-28)34(29(35)36)25-16-14-22(15-17-25)26-12-7-8-13-27(26)40(37,38)33-30(3,4)5/h7-18,24,33H,6,19H2,1-5H3,(H,35,36). The van der Waals surface area contributed by atoms with E-state index in [0.29, 0.717) is 41.4 Å². The highest BCUT2D eigenvalue weighted by molar-refractivity contribution is 7.89. The topological polar surface area (TPSA) is 126 Å². The van der Waals surface area contributed by atoms with Gasteiger partial charge in [-0.1, -0.05) is 60.6 Å². The third kappa shape index (κ3) is 6.75. The zero-order valence-corrected chi connectivity index (χ0v) is 24.1. The van der Waals surface area contributed by atoms with Crippen molar-refractivity contribution in [1.82, 2.24) is 14.9 Å². The van der Waals surface area contributed by atoms with E-state index in [0.717, 1.165) is 11.1 Å². The Labute approximate surface area is 234 Å². The summed E-state index contributed by atoms with van der Waals surface area (Å²) in [5, 5.41) is 14.2. The highest BCUT2D eigenvalue weighted by atomic mass is 32.2. The van der Waals surface area contributed by atoms with Crippen molar-refractivity contribution in [1.29, 1.82) is 0 Å². The average Bonchev–Trinajstić information content (AvgIpc) is 3.33. The van der Waals surface area contributed by atoms with E-state index in [2.05, 4.69) is 14.9 Å². The van der Waals surface area contributed by atoms with Crippen molar-refractivity contribution in [3.8, 4) is 22.5 Å². The maximum Gasteiger partial charge on any atom is 0.412 e. The summed E-state index contributed by atoms with van der Waals surface area (Å²) >= 11 is 0. The number of amides is 1. The number of benzene rings is 3. The average molecular weight is 563 g/mol. The van der Waals surface area contributed by atoms with E-state index >= 15 is 0 Å². The minimum Gasteiger partial charge on any atom is -0.465 e. The lowest BCUT2D eigenvalue weighted by molar-refractivity contribution is 0.198. The summed E-state index contributed by atoms with van der Waals surface area (Å²) < 4.78 is 34.0. The Bertz CT molecular complexity index is 1590. The third-order valence-corrected chi connectivity index (χ3v) is 8.12. The molecule has 9 nitrogen and oxygen atoms in total. The molecule has 0 aliphatic heterocycles. The second-order valence-corrected chi connectivity index (χ2v) is 12.3. The fourth-order valence-corrected chi connectivity index (χ4v) is 6.27. The van der Waals surface area contributed by atoms with Crippen LogP contribution in [0.4, 0.5) is 10.5 Å². The Balaban J connectivity index is 1.62. The first kappa shape index (κ1) is 29.0. The molecule has 1 heterocycles. The van der Waals surface area contributed by atoms with Crippen LogP contribution in [-0.4, -0.2) is 41.3 Å². The highest BCUT2D eigenvalue weighted by Crippen LogP contribution is 2.31. The van der Waals surface area contributed by atoms with Crippen molar-refractivity contribution < 1.29 is 22.8 Å². The molecule has 0 aliphatic carbocycles. The molecule has 4 aromatic rings. The van der Waals surface area contributed by atoms with Gasteiger partial charge in [-0.3, -0.25) is 4.90 Å². The first-order valence-electron chi connectivity index (χ1n) is 13.0. The lowest BCUT2D eigenvalue weighted by atomic mass is 9.99. The van der Waals surface area contributed by atoms with Gasteiger partial charge in [0.1, 0.15) is 0 Å². The molecule has 0 spiro atoms. The van der Waals surface area contributed by atoms with Gasteiger partial charge in [0.2, 0.25) is 21.7 Å². The van der Waals surface area contributed by atoms with Crippen LogP contribution in [0.2, 0.25) is 0 Å². The fraction of sp³-hybridized carbons (Fsp3) is 0.300. The maximum atomic E-state index is 13.1. The molecule has 0 saturated carbocycles. The molecule has 0 aliphatic rings. The van der Waals surface area contributed by atoms with E-state index in [1.807, 2.05) is 31.2 Å². The summed E-state index contributed by atoms with van der Waals surface area (Å²) in [5.74, 6) is 0.955. The number of hydrogen-bond donors (Lipinski definition) is 2. The van der Waals surface area contributed by atoms with Gasteiger partial charge in [0, 0.05) is 35.3 Å². The molecule has 3 aromatic carbocycles. The number of aryl methyl sites for hydroxylation is 1. The molecule has 0 saturated heterocycles. The number of carbonyl (C=O) groups is 1. The van der Waals surface area contributed by atoms with Gasteiger partial charge in [-0.05, 0) is 69.0 Å². The quantitative estimate of drug-likeness (QED) is 0.245. The Morgan fingerprint density at radius 1 is 1.02 bits per heavy atom. The largest absolute Gasteiger partial charge is 0.465 e. The minimum atomic E-state index is -3.78. The van der Waals surface area contributed by atoms with Gasteiger partial charge >= 0.3 is 6.09 Å². The lowest BCUT2D eigenvalue weighted by Gasteiger charge is -2.29. The highest BCUT2D eigenvalue weighted by Gasteiger charge is 2.26. The summed E-state index contributed by atoms with van der Waals surface area (Å²) in [4.78, 5) is 18.3. The second kappa shape index (κ2) is 11.6. The molecule has 1 atom stereocenters. The van der Waals surface area contributed by atoms with Crippen LogP contribution in [-0.2, 0) is 16.4 Å². The number of hydrogen-bond acceptors (Lipinski definition) is 6. The molecule has 1 unspecified atom stereocenters. The monoisotopic (exact) mass is 562 g/mol. The Kier molecular flexibility index (Phi) is 8.41. The molecule has 1 amide bonds. The van der Waals surface area contributed by atoms with Crippen molar-refractivity contribution in [3.63, 3.8) is 0 Å². The summed E-state index contributed by atoms with van der Waals surface area (Å²) in [6.45, 7) is 9.04. The number of rotatable bonds is 9. The second-order valence-electron chi connectivity index (χ2n) is 10.7. The third-order valence-electron chi connectivity index (χ3n) is 6.30. The van der Waals surface area contributed by atoms with Crippen LogP contribution in [0.25, 0.3) is 22.5 Å². The van der Waals surface area contributed by atoms with Crippen molar-refractivity contribution in [2.45, 2.75) is 63.9 Å². The smallest absolute Gasteiger partial charge is 0.412 e. The lowest BCUT2D eigenvalue weighted by Crippen LogP contribution is -2.40. The number of nitrogens with one attached hydrogen (secondary N) is 1. The fourth-order valence-electron chi connectivity index (χ4n) is 4.62. The van der Waals surface area contributed by atoms with Crippen molar-refractivity contribution >= 4 is 21.8 Å². The molecule has 1 aromatic heterocycles. The zero-order chi connectivity index (χ0) is 29.1. The van der Waals surface area contributed by atoms with Crippen molar-refractivity contribution in [2.24, 2.45) is 0 Å². The molecule has 210 valence electrons. The van der Waals surface area contributed by atoms with Gasteiger partial charge < -0.3 is 9.63 Å². The molecule has 2 N–H and O–H groups in total.